The van der Waals surface area contributed by atoms with Gasteiger partial charge in [-0.05, 0) is 6.07 Å². The van der Waals surface area contributed by atoms with Crippen molar-refractivity contribution in [1.29, 1.82) is 0 Å². The third kappa shape index (κ3) is 1.67. The maximum Gasteiger partial charge on any atom is 0.258 e. The van der Waals surface area contributed by atoms with Gasteiger partial charge < -0.3 is 9.72 Å². The smallest absolute Gasteiger partial charge is 0.258 e. The van der Waals surface area contributed by atoms with Gasteiger partial charge in [-0.1, -0.05) is 12.1 Å². The Morgan fingerprint density at radius 1 is 1.38 bits per heavy atom. The molecule has 1 aromatic heterocycles. The molecule has 0 spiro atoms. The summed E-state index contributed by atoms with van der Waals surface area (Å²) in [4.78, 5) is 17.6. The maximum atomic E-state index is 13.8. The Morgan fingerprint density at radius 3 is 2.88 bits per heavy atom. The van der Waals surface area contributed by atoms with Crippen molar-refractivity contribution in [2.24, 2.45) is 0 Å². The molecule has 0 saturated heterocycles. The number of ether oxygens (including phenoxy) is 1. The molecule has 1 heterocycles. The minimum atomic E-state index is -0.566. The van der Waals surface area contributed by atoms with Crippen LogP contribution in [0.2, 0.25) is 0 Å². The van der Waals surface area contributed by atoms with Gasteiger partial charge in [-0.3, -0.25) is 4.79 Å². The number of halogens is 1. The molecule has 0 unspecified atom stereocenters. The highest BCUT2D eigenvalue weighted by Gasteiger charge is 2.12. The molecule has 0 aliphatic rings. The largest absolute Gasteiger partial charge is 0.494 e. The van der Waals surface area contributed by atoms with Crippen LogP contribution in [0.25, 0.3) is 11.1 Å². The van der Waals surface area contributed by atoms with Gasteiger partial charge >= 0.3 is 0 Å². The summed E-state index contributed by atoms with van der Waals surface area (Å²) in [5.74, 6) is -0.468. The van der Waals surface area contributed by atoms with Gasteiger partial charge in [-0.15, -0.1) is 0 Å². The van der Waals surface area contributed by atoms with Crippen LogP contribution >= 0.6 is 0 Å². The van der Waals surface area contributed by atoms with E-state index in [4.69, 9.17) is 4.74 Å². The van der Waals surface area contributed by atoms with Gasteiger partial charge in [0.2, 0.25) is 0 Å². The van der Waals surface area contributed by atoms with Crippen molar-refractivity contribution in [3.05, 3.63) is 46.9 Å². The summed E-state index contributed by atoms with van der Waals surface area (Å²) in [7, 11) is 1.37. The number of methoxy groups -OCH3 is 1. The van der Waals surface area contributed by atoms with Crippen LogP contribution < -0.4 is 10.3 Å². The summed E-state index contributed by atoms with van der Waals surface area (Å²) < 4.78 is 18.7. The van der Waals surface area contributed by atoms with Crippen LogP contribution in [0.15, 0.2) is 35.5 Å². The molecule has 2 aromatic rings. The fourth-order valence-electron chi connectivity index (χ4n) is 1.41. The predicted octanol–water partition coefficient (Wildman–Crippen LogP) is 1.58. The number of nitrogens with zero attached hydrogens (tertiary/aromatic N) is 1. The molecular formula is C11H9FN2O2. The quantitative estimate of drug-likeness (QED) is 0.836. The average molecular weight is 220 g/mol. The number of hydrogen-bond donors (Lipinski definition) is 1. The standard InChI is InChI=1S/C11H9FN2O2/c1-16-9-4-2-3-7(10(9)12)8-5-13-6-14-11(8)15/h2-6H,1H3,(H,13,14,15). The van der Waals surface area contributed by atoms with E-state index >= 15 is 0 Å². The minimum absolute atomic E-state index is 0.0979. The zero-order valence-corrected chi connectivity index (χ0v) is 8.53. The van der Waals surface area contributed by atoms with E-state index in [0.717, 1.165) is 0 Å². The van der Waals surface area contributed by atoms with E-state index in [0.29, 0.717) is 0 Å². The van der Waals surface area contributed by atoms with Crippen LogP contribution in [0.1, 0.15) is 0 Å². The van der Waals surface area contributed by atoms with E-state index in [-0.39, 0.29) is 22.4 Å². The van der Waals surface area contributed by atoms with Gasteiger partial charge in [0.25, 0.3) is 5.56 Å². The Bertz CT molecular complexity index is 566. The lowest BCUT2D eigenvalue weighted by Crippen LogP contribution is -2.09. The first-order valence-electron chi connectivity index (χ1n) is 4.59. The summed E-state index contributed by atoms with van der Waals surface area (Å²) in [6, 6.07) is 4.61. The van der Waals surface area contributed by atoms with Crippen LogP contribution in [0.4, 0.5) is 4.39 Å². The van der Waals surface area contributed by atoms with Crippen molar-refractivity contribution >= 4 is 0 Å². The summed E-state index contributed by atoms with van der Waals surface area (Å²) in [6.07, 6.45) is 2.57. The summed E-state index contributed by atoms with van der Waals surface area (Å²) in [5, 5.41) is 0. The molecule has 82 valence electrons. The van der Waals surface area contributed by atoms with Crippen molar-refractivity contribution in [1.82, 2.24) is 9.97 Å². The molecule has 0 bridgehead atoms. The fourth-order valence-corrected chi connectivity index (χ4v) is 1.41. The number of nitrogens with one attached hydrogen (secondary N) is 1. The monoisotopic (exact) mass is 220 g/mol. The number of rotatable bonds is 2. The van der Waals surface area contributed by atoms with Crippen molar-refractivity contribution in [3.8, 4) is 16.9 Å². The molecule has 0 aliphatic carbocycles. The van der Waals surface area contributed by atoms with Crippen molar-refractivity contribution < 1.29 is 9.13 Å². The topological polar surface area (TPSA) is 55.0 Å². The van der Waals surface area contributed by atoms with Crippen molar-refractivity contribution in [3.63, 3.8) is 0 Å². The predicted molar refractivity (Wildman–Crippen MR) is 56.8 cm³/mol. The van der Waals surface area contributed by atoms with Gasteiger partial charge in [0.1, 0.15) is 0 Å². The van der Waals surface area contributed by atoms with E-state index < -0.39 is 5.82 Å². The molecule has 1 N–H and O–H groups in total. The lowest BCUT2D eigenvalue weighted by atomic mass is 10.1. The van der Waals surface area contributed by atoms with E-state index in [2.05, 4.69) is 9.97 Å². The average Bonchev–Trinajstić information content (AvgIpc) is 2.31. The molecule has 0 atom stereocenters. The minimum Gasteiger partial charge on any atom is -0.494 e. The summed E-state index contributed by atoms with van der Waals surface area (Å²) in [6.45, 7) is 0. The maximum absolute atomic E-state index is 13.8. The van der Waals surface area contributed by atoms with Crippen LogP contribution in [-0.2, 0) is 0 Å². The first kappa shape index (κ1) is 10.4. The Hall–Kier alpha value is -2.17. The lowest BCUT2D eigenvalue weighted by molar-refractivity contribution is 0.387. The highest BCUT2D eigenvalue weighted by Crippen LogP contribution is 2.26. The van der Waals surface area contributed by atoms with E-state index in [1.54, 1.807) is 6.07 Å². The van der Waals surface area contributed by atoms with Crippen LogP contribution in [-0.4, -0.2) is 17.1 Å². The fraction of sp³-hybridized carbons (Fsp3) is 0.0909. The first-order valence-corrected chi connectivity index (χ1v) is 4.59. The molecule has 0 fully saturated rings. The Kier molecular flexibility index (Phi) is 2.68. The van der Waals surface area contributed by atoms with Crippen molar-refractivity contribution in [2.75, 3.05) is 7.11 Å². The number of H-pyrrole nitrogens is 1. The third-order valence-corrected chi connectivity index (χ3v) is 2.19. The summed E-state index contributed by atoms with van der Waals surface area (Å²) >= 11 is 0. The van der Waals surface area contributed by atoms with Crippen LogP contribution in [0.3, 0.4) is 0 Å². The first-order chi connectivity index (χ1) is 7.74. The van der Waals surface area contributed by atoms with Gasteiger partial charge in [0.05, 0.1) is 19.0 Å². The molecule has 16 heavy (non-hydrogen) atoms. The molecule has 4 nitrogen and oxygen atoms in total. The van der Waals surface area contributed by atoms with Gasteiger partial charge in [-0.25, -0.2) is 9.37 Å². The van der Waals surface area contributed by atoms with E-state index in [1.165, 1.54) is 31.8 Å². The SMILES string of the molecule is COc1cccc(-c2cnc[nH]c2=O)c1F. The number of aromatic amines is 1. The second-order valence-corrected chi connectivity index (χ2v) is 3.12. The van der Waals surface area contributed by atoms with Crippen LogP contribution in [0.5, 0.6) is 5.75 Å². The molecule has 0 radical (unpaired) electrons. The molecule has 0 aliphatic heterocycles. The van der Waals surface area contributed by atoms with E-state index in [9.17, 15) is 9.18 Å². The second kappa shape index (κ2) is 4.14. The molecule has 2 rings (SSSR count). The van der Waals surface area contributed by atoms with Gasteiger partial charge in [0, 0.05) is 11.8 Å². The molecule has 0 saturated carbocycles. The normalized spacial score (nSPS) is 10.1. The Morgan fingerprint density at radius 2 is 2.19 bits per heavy atom. The molecule has 5 heteroatoms. The highest BCUT2D eigenvalue weighted by molar-refractivity contribution is 5.64. The van der Waals surface area contributed by atoms with Gasteiger partial charge in [-0.2, -0.15) is 0 Å². The Balaban J connectivity index is 2.66. The number of aromatic nitrogens is 2. The number of benzene rings is 1. The van der Waals surface area contributed by atoms with Gasteiger partial charge in [0.15, 0.2) is 11.6 Å². The number of hydrogen-bond acceptors (Lipinski definition) is 3. The van der Waals surface area contributed by atoms with Crippen LogP contribution in [0, 0.1) is 5.82 Å². The molecular weight excluding hydrogens is 211 g/mol. The summed E-state index contributed by atoms with van der Waals surface area (Å²) in [5.41, 5.74) is -0.0326. The zero-order chi connectivity index (χ0) is 11.5. The molecule has 1 aromatic carbocycles. The lowest BCUT2D eigenvalue weighted by Gasteiger charge is -2.05. The third-order valence-electron chi connectivity index (χ3n) is 2.19. The van der Waals surface area contributed by atoms with Crippen molar-refractivity contribution in [2.45, 2.75) is 0 Å². The zero-order valence-electron chi connectivity index (χ0n) is 8.53. The second-order valence-electron chi connectivity index (χ2n) is 3.12. The highest BCUT2D eigenvalue weighted by atomic mass is 19.1. The van der Waals surface area contributed by atoms with E-state index in [1.807, 2.05) is 0 Å². The Labute approximate surface area is 90.7 Å². The molecule has 0 amide bonds.